The van der Waals surface area contributed by atoms with Crippen molar-refractivity contribution in [2.24, 2.45) is 0 Å². The zero-order valence-corrected chi connectivity index (χ0v) is 12.8. The number of halogens is 1. The van der Waals surface area contributed by atoms with Gasteiger partial charge in [-0.1, -0.05) is 18.5 Å². The van der Waals surface area contributed by atoms with Crippen LogP contribution in [0.5, 0.6) is 0 Å². The van der Waals surface area contributed by atoms with E-state index in [4.69, 9.17) is 16.7 Å². The Bertz CT molecular complexity index is 397. The lowest BCUT2D eigenvalue weighted by atomic mass is 10.1. The maximum absolute atomic E-state index is 12.0. The van der Waals surface area contributed by atoms with E-state index in [1.165, 1.54) is 11.8 Å². The number of aliphatic hydroxyl groups is 1. The predicted octanol–water partition coefficient (Wildman–Crippen LogP) is 3.10. The second-order valence-corrected chi connectivity index (χ2v) is 6.19. The van der Waals surface area contributed by atoms with Crippen LogP contribution in [0.15, 0.2) is 29.2 Å². The van der Waals surface area contributed by atoms with Gasteiger partial charge in [0.1, 0.15) is 0 Å². The Kier molecular flexibility index (Phi) is 7.28. The van der Waals surface area contributed by atoms with E-state index in [2.05, 4.69) is 5.32 Å². The normalized spacial score (nSPS) is 13.9. The molecule has 1 rings (SSSR count). The quantitative estimate of drug-likeness (QED) is 0.761. The van der Waals surface area contributed by atoms with Crippen LogP contribution in [-0.4, -0.2) is 28.9 Å². The molecule has 0 aliphatic carbocycles. The Morgan fingerprint density at radius 1 is 1.42 bits per heavy atom. The molecule has 0 saturated carbocycles. The highest BCUT2D eigenvalue weighted by Crippen LogP contribution is 2.24. The highest BCUT2D eigenvalue weighted by atomic mass is 35.5. The van der Waals surface area contributed by atoms with Gasteiger partial charge in [0, 0.05) is 22.6 Å². The van der Waals surface area contributed by atoms with Crippen molar-refractivity contribution < 1.29 is 9.90 Å². The largest absolute Gasteiger partial charge is 0.396 e. The fourth-order valence-corrected chi connectivity index (χ4v) is 2.63. The highest BCUT2D eigenvalue weighted by Gasteiger charge is 2.17. The number of aliphatic hydroxyl groups excluding tert-OH is 1. The summed E-state index contributed by atoms with van der Waals surface area (Å²) in [4.78, 5) is 13.0. The molecule has 2 atom stereocenters. The second-order valence-electron chi connectivity index (χ2n) is 4.34. The predicted molar refractivity (Wildman–Crippen MR) is 80.7 cm³/mol. The Morgan fingerprint density at radius 3 is 2.58 bits per heavy atom. The van der Waals surface area contributed by atoms with Crippen molar-refractivity contribution in [1.82, 2.24) is 5.32 Å². The van der Waals surface area contributed by atoms with E-state index < -0.39 is 0 Å². The van der Waals surface area contributed by atoms with E-state index in [1.54, 1.807) is 0 Å². The van der Waals surface area contributed by atoms with Gasteiger partial charge in [-0.2, -0.15) is 0 Å². The molecule has 2 unspecified atom stereocenters. The minimum atomic E-state index is -0.172. The summed E-state index contributed by atoms with van der Waals surface area (Å²) in [5, 5.41) is 12.4. The molecule has 1 aromatic rings. The number of nitrogens with one attached hydrogen (secondary N) is 1. The van der Waals surface area contributed by atoms with Crippen molar-refractivity contribution in [3.05, 3.63) is 29.3 Å². The number of benzene rings is 1. The van der Waals surface area contributed by atoms with E-state index >= 15 is 0 Å². The Morgan fingerprint density at radius 2 is 2.05 bits per heavy atom. The van der Waals surface area contributed by atoms with Gasteiger partial charge in [-0.3, -0.25) is 4.79 Å². The molecule has 0 saturated heterocycles. The fraction of sp³-hybridized carbons (Fsp3) is 0.500. The Balaban J connectivity index is 2.50. The molecular weight excluding hydrogens is 282 g/mol. The first-order valence-electron chi connectivity index (χ1n) is 6.40. The van der Waals surface area contributed by atoms with Crippen molar-refractivity contribution >= 4 is 29.3 Å². The number of carbonyl (C=O) groups excluding carboxylic acids is 1. The van der Waals surface area contributed by atoms with Gasteiger partial charge in [0.15, 0.2) is 0 Å². The average molecular weight is 302 g/mol. The van der Waals surface area contributed by atoms with Crippen LogP contribution in [0.1, 0.15) is 26.7 Å². The summed E-state index contributed by atoms with van der Waals surface area (Å²) in [6.45, 7) is 3.97. The van der Waals surface area contributed by atoms with Gasteiger partial charge in [-0.25, -0.2) is 0 Å². The van der Waals surface area contributed by atoms with Gasteiger partial charge >= 0.3 is 0 Å². The Hall–Kier alpha value is -0.710. The van der Waals surface area contributed by atoms with E-state index in [-0.39, 0.29) is 23.8 Å². The van der Waals surface area contributed by atoms with Crippen molar-refractivity contribution in [1.29, 1.82) is 0 Å². The first kappa shape index (κ1) is 16.3. The minimum absolute atomic E-state index is 0.000231. The maximum atomic E-state index is 12.0. The number of hydrogen-bond acceptors (Lipinski definition) is 3. The van der Waals surface area contributed by atoms with E-state index in [0.717, 1.165) is 11.3 Å². The molecule has 3 nitrogen and oxygen atoms in total. The van der Waals surface area contributed by atoms with E-state index in [9.17, 15) is 4.79 Å². The van der Waals surface area contributed by atoms with Crippen LogP contribution in [0.2, 0.25) is 5.02 Å². The van der Waals surface area contributed by atoms with Gasteiger partial charge in [0.25, 0.3) is 0 Å². The molecule has 0 heterocycles. The molecule has 0 bridgehead atoms. The smallest absolute Gasteiger partial charge is 0.233 e. The lowest BCUT2D eigenvalue weighted by Crippen LogP contribution is -2.39. The van der Waals surface area contributed by atoms with E-state index in [1.807, 2.05) is 38.1 Å². The first-order valence-corrected chi connectivity index (χ1v) is 7.66. The lowest BCUT2D eigenvalue weighted by Gasteiger charge is -2.18. The standard InChI is InChI=1S/C14H20ClNO2S/c1-3-12(8-9-17)16-14(18)10(2)19-13-6-4-11(15)5-7-13/h4-7,10,12,17H,3,8-9H2,1-2H3,(H,16,18). The van der Waals surface area contributed by atoms with Crippen LogP contribution in [0.25, 0.3) is 0 Å². The number of carbonyl (C=O) groups is 1. The molecule has 0 aliphatic heterocycles. The Labute approximate surface area is 123 Å². The molecule has 0 aliphatic rings. The van der Waals surface area contributed by atoms with Crippen molar-refractivity contribution in [2.45, 2.75) is 42.9 Å². The summed E-state index contributed by atoms with van der Waals surface area (Å²) in [7, 11) is 0. The van der Waals surface area contributed by atoms with Crippen molar-refractivity contribution in [3.8, 4) is 0 Å². The molecule has 106 valence electrons. The van der Waals surface area contributed by atoms with Crippen LogP contribution in [0, 0.1) is 0 Å². The summed E-state index contributed by atoms with van der Waals surface area (Å²) in [5.74, 6) is 0.000231. The molecule has 0 fully saturated rings. The van der Waals surface area contributed by atoms with Crippen LogP contribution < -0.4 is 5.32 Å². The number of rotatable bonds is 7. The lowest BCUT2D eigenvalue weighted by molar-refractivity contribution is -0.121. The molecule has 1 aromatic carbocycles. The average Bonchev–Trinajstić information content (AvgIpc) is 2.40. The van der Waals surface area contributed by atoms with Crippen LogP contribution >= 0.6 is 23.4 Å². The molecular formula is C14H20ClNO2S. The molecule has 19 heavy (non-hydrogen) atoms. The van der Waals surface area contributed by atoms with E-state index in [0.29, 0.717) is 11.4 Å². The third-order valence-electron chi connectivity index (χ3n) is 2.81. The summed E-state index contributed by atoms with van der Waals surface area (Å²) in [6, 6.07) is 7.49. The van der Waals surface area contributed by atoms with Gasteiger partial charge in [0.2, 0.25) is 5.91 Å². The number of thioether (sulfide) groups is 1. The van der Waals surface area contributed by atoms with Crippen LogP contribution in [-0.2, 0) is 4.79 Å². The van der Waals surface area contributed by atoms with Gasteiger partial charge < -0.3 is 10.4 Å². The molecule has 0 aromatic heterocycles. The maximum Gasteiger partial charge on any atom is 0.233 e. The minimum Gasteiger partial charge on any atom is -0.396 e. The van der Waals surface area contributed by atoms with Gasteiger partial charge in [-0.05, 0) is 44.0 Å². The SMILES string of the molecule is CCC(CCO)NC(=O)C(C)Sc1ccc(Cl)cc1. The van der Waals surface area contributed by atoms with Gasteiger partial charge in [0.05, 0.1) is 5.25 Å². The highest BCUT2D eigenvalue weighted by molar-refractivity contribution is 8.00. The molecule has 2 N–H and O–H groups in total. The second kappa shape index (κ2) is 8.46. The summed E-state index contributed by atoms with van der Waals surface area (Å²) in [5.41, 5.74) is 0. The molecule has 0 radical (unpaired) electrons. The van der Waals surface area contributed by atoms with Gasteiger partial charge in [-0.15, -0.1) is 11.8 Å². The van der Waals surface area contributed by atoms with Crippen LogP contribution in [0.4, 0.5) is 0 Å². The zero-order valence-electron chi connectivity index (χ0n) is 11.2. The first-order chi connectivity index (χ1) is 9.06. The number of amides is 1. The zero-order chi connectivity index (χ0) is 14.3. The third-order valence-corrected chi connectivity index (χ3v) is 4.18. The molecule has 0 spiro atoms. The van der Waals surface area contributed by atoms with Crippen LogP contribution in [0.3, 0.4) is 0 Å². The monoisotopic (exact) mass is 301 g/mol. The summed E-state index contributed by atoms with van der Waals surface area (Å²) < 4.78 is 0. The number of hydrogen-bond donors (Lipinski definition) is 2. The molecule has 1 amide bonds. The summed E-state index contributed by atoms with van der Waals surface area (Å²) in [6.07, 6.45) is 1.42. The third kappa shape index (κ3) is 5.85. The topological polar surface area (TPSA) is 49.3 Å². The van der Waals surface area contributed by atoms with Crippen molar-refractivity contribution in [2.75, 3.05) is 6.61 Å². The summed E-state index contributed by atoms with van der Waals surface area (Å²) >= 11 is 7.32. The fourth-order valence-electron chi connectivity index (χ4n) is 1.62. The van der Waals surface area contributed by atoms with Crippen molar-refractivity contribution in [3.63, 3.8) is 0 Å². The molecule has 5 heteroatoms.